The van der Waals surface area contributed by atoms with Gasteiger partial charge < -0.3 is 15.2 Å². The molecule has 1 aromatic rings. The van der Waals surface area contributed by atoms with Gasteiger partial charge in [0.15, 0.2) is 0 Å². The number of methoxy groups -OCH3 is 1. The summed E-state index contributed by atoms with van der Waals surface area (Å²) in [6, 6.07) is 6.67. The molecule has 24 heavy (non-hydrogen) atoms. The van der Waals surface area contributed by atoms with Crippen LogP contribution in [0.25, 0.3) is 0 Å². The van der Waals surface area contributed by atoms with Gasteiger partial charge in [-0.15, -0.1) is 0 Å². The molecule has 5 nitrogen and oxygen atoms in total. The molecule has 0 bridgehead atoms. The molecule has 0 aliphatic heterocycles. The number of rotatable bonds is 9. The summed E-state index contributed by atoms with van der Waals surface area (Å²) < 4.78 is 5.16. The van der Waals surface area contributed by atoms with Gasteiger partial charge in [0.25, 0.3) is 0 Å². The molecular weight excluding hydrogens is 328 g/mol. The second kappa shape index (κ2) is 7.72. The molecule has 0 unspecified atom stereocenters. The van der Waals surface area contributed by atoms with Gasteiger partial charge in [-0.05, 0) is 49.3 Å². The Labute approximate surface area is 147 Å². The van der Waals surface area contributed by atoms with Crippen molar-refractivity contribution < 1.29 is 14.6 Å². The molecule has 2 aliphatic rings. The van der Waals surface area contributed by atoms with Crippen LogP contribution in [0, 0.1) is 5.92 Å². The predicted molar refractivity (Wildman–Crippen MR) is 93.6 cm³/mol. The Kier molecular flexibility index (Phi) is 5.64. The van der Waals surface area contributed by atoms with Crippen molar-refractivity contribution in [2.45, 2.75) is 44.3 Å². The molecule has 0 radical (unpaired) electrons. The highest BCUT2D eigenvalue weighted by molar-refractivity contribution is 6.32. The number of ether oxygens (including phenoxy) is 1. The average molecular weight is 353 g/mol. The van der Waals surface area contributed by atoms with Crippen molar-refractivity contribution in [3.05, 3.63) is 28.8 Å². The van der Waals surface area contributed by atoms with Gasteiger partial charge in [0.05, 0.1) is 18.7 Å². The third-order valence-electron chi connectivity index (χ3n) is 4.97. The van der Waals surface area contributed by atoms with Gasteiger partial charge >= 0.3 is 5.97 Å². The zero-order valence-corrected chi connectivity index (χ0v) is 14.8. The van der Waals surface area contributed by atoms with Gasteiger partial charge in [0.1, 0.15) is 5.75 Å². The maximum absolute atomic E-state index is 11.1. The van der Waals surface area contributed by atoms with Crippen molar-refractivity contribution >= 4 is 17.6 Å². The van der Waals surface area contributed by atoms with Crippen LogP contribution >= 0.6 is 11.6 Å². The van der Waals surface area contributed by atoms with Gasteiger partial charge in [-0.25, -0.2) is 0 Å². The van der Waals surface area contributed by atoms with E-state index < -0.39 is 5.97 Å². The van der Waals surface area contributed by atoms with Crippen molar-refractivity contribution in [2.75, 3.05) is 20.2 Å². The number of hydrogen-bond acceptors (Lipinski definition) is 4. The van der Waals surface area contributed by atoms with Crippen LogP contribution in [-0.2, 0) is 11.3 Å². The zero-order chi connectivity index (χ0) is 17.1. The van der Waals surface area contributed by atoms with Crippen molar-refractivity contribution in [3.8, 4) is 5.75 Å². The van der Waals surface area contributed by atoms with E-state index in [9.17, 15) is 4.79 Å². The topological polar surface area (TPSA) is 61.8 Å². The molecule has 2 N–H and O–H groups in total. The molecule has 0 amide bonds. The lowest BCUT2D eigenvalue weighted by atomic mass is 9.85. The number of nitrogens with one attached hydrogen (secondary N) is 1. The molecule has 0 atom stereocenters. The first-order valence-corrected chi connectivity index (χ1v) is 8.94. The molecule has 0 spiro atoms. The highest BCUT2D eigenvalue weighted by Crippen LogP contribution is 2.34. The van der Waals surface area contributed by atoms with Crippen molar-refractivity contribution in [1.29, 1.82) is 0 Å². The SMILES string of the molecule is COc1ccc(CNC2CC(N(CC(=O)O)CC3CC3)C2)cc1Cl. The minimum atomic E-state index is -0.722. The van der Waals surface area contributed by atoms with Gasteiger partial charge in [-0.1, -0.05) is 17.7 Å². The van der Waals surface area contributed by atoms with Crippen LogP contribution in [0.3, 0.4) is 0 Å². The van der Waals surface area contributed by atoms with E-state index in [-0.39, 0.29) is 6.54 Å². The van der Waals surface area contributed by atoms with Gasteiger partial charge in [-0.3, -0.25) is 9.69 Å². The molecule has 0 aromatic heterocycles. The minimum Gasteiger partial charge on any atom is -0.495 e. The summed E-state index contributed by atoms with van der Waals surface area (Å²) in [4.78, 5) is 13.2. The summed E-state index contributed by atoms with van der Waals surface area (Å²) in [5, 5.41) is 13.3. The summed E-state index contributed by atoms with van der Waals surface area (Å²) >= 11 is 6.15. The lowest BCUT2D eigenvalue weighted by molar-refractivity contribution is -0.139. The summed E-state index contributed by atoms with van der Waals surface area (Å²) in [5.74, 6) is 0.686. The van der Waals surface area contributed by atoms with Crippen LogP contribution in [0.15, 0.2) is 18.2 Å². The van der Waals surface area contributed by atoms with Crippen LogP contribution < -0.4 is 10.1 Å². The zero-order valence-electron chi connectivity index (χ0n) is 14.0. The van der Waals surface area contributed by atoms with E-state index in [4.69, 9.17) is 21.4 Å². The molecule has 1 aromatic carbocycles. The minimum absolute atomic E-state index is 0.169. The van der Waals surface area contributed by atoms with Crippen LogP contribution in [-0.4, -0.2) is 48.3 Å². The number of aliphatic carboxylic acids is 1. The third kappa shape index (κ3) is 4.62. The lowest BCUT2D eigenvalue weighted by Crippen LogP contribution is -2.54. The molecular formula is C18H25ClN2O3. The molecule has 132 valence electrons. The predicted octanol–water partition coefficient (Wildman–Crippen LogP) is 2.77. The number of carbonyl (C=O) groups is 1. The fraction of sp³-hybridized carbons (Fsp3) is 0.611. The van der Waals surface area contributed by atoms with Gasteiger partial charge in [0.2, 0.25) is 0 Å². The van der Waals surface area contributed by atoms with E-state index in [2.05, 4.69) is 10.2 Å². The number of halogens is 1. The Bertz CT molecular complexity index is 586. The van der Waals surface area contributed by atoms with Crippen LogP contribution in [0.1, 0.15) is 31.2 Å². The summed E-state index contributed by atoms with van der Waals surface area (Å²) in [6.45, 7) is 1.88. The third-order valence-corrected chi connectivity index (χ3v) is 5.26. The summed E-state index contributed by atoms with van der Waals surface area (Å²) in [5.41, 5.74) is 1.13. The first kappa shape index (κ1) is 17.5. The Hall–Kier alpha value is -1.30. The molecule has 6 heteroatoms. The van der Waals surface area contributed by atoms with E-state index in [0.29, 0.717) is 22.9 Å². The first-order valence-electron chi connectivity index (χ1n) is 8.56. The van der Waals surface area contributed by atoms with Crippen LogP contribution in [0.5, 0.6) is 5.75 Å². The largest absolute Gasteiger partial charge is 0.495 e. The summed E-state index contributed by atoms with van der Waals surface area (Å²) in [6.07, 6.45) is 4.54. The second-order valence-electron chi connectivity index (χ2n) is 6.94. The Morgan fingerprint density at radius 3 is 2.75 bits per heavy atom. The van der Waals surface area contributed by atoms with Gasteiger partial charge in [-0.2, -0.15) is 0 Å². The average Bonchev–Trinajstić information content (AvgIpc) is 3.29. The highest BCUT2D eigenvalue weighted by atomic mass is 35.5. The van der Waals surface area contributed by atoms with Crippen molar-refractivity contribution in [3.63, 3.8) is 0 Å². The molecule has 0 saturated heterocycles. The Balaban J connectivity index is 1.44. The van der Waals surface area contributed by atoms with Crippen molar-refractivity contribution in [2.24, 2.45) is 5.92 Å². The number of nitrogens with zero attached hydrogens (tertiary/aromatic N) is 1. The van der Waals surface area contributed by atoms with Crippen molar-refractivity contribution in [1.82, 2.24) is 10.2 Å². The van der Waals surface area contributed by atoms with E-state index in [0.717, 1.165) is 37.4 Å². The van der Waals surface area contributed by atoms with Crippen LogP contribution in [0.4, 0.5) is 0 Å². The smallest absolute Gasteiger partial charge is 0.317 e. The Morgan fingerprint density at radius 1 is 1.42 bits per heavy atom. The quantitative estimate of drug-likeness (QED) is 0.715. The lowest BCUT2D eigenvalue weighted by Gasteiger charge is -2.43. The van der Waals surface area contributed by atoms with Crippen LogP contribution in [0.2, 0.25) is 5.02 Å². The second-order valence-corrected chi connectivity index (χ2v) is 7.35. The van der Waals surface area contributed by atoms with E-state index in [1.165, 1.54) is 12.8 Å². The summed E-state index contributed by atoms with van der Waals surface area (Å²) in [7, 11) is 1.61. The maximum Gasteiger partial charge on any atom is 0.317 e. The van der Waals surface area contributed by atoms with E-state index >= 15 is 0 Å². The molecule has 2 aliphatic carbocycles. The monoisotopic (exact) mass is 352 g/mol. The van der Waals surface area contributed by atoms with E-state index in [1.807, 2.05) is 18.2 Å². The number of benzene rings is 1. The fourth-order valence-electron chi connectivity index (χ4n) is 3.28. The fourth-order valence-corrected chi connectivity index (χ4v) is 3.56. The molecule has 2 saturated carbocycles. The molecule has 2 fully saturated rings. The number of carboxylic acids is 1. The molecule has 3 rings (SSSR count). The number of carboxylic acid groups (broad SMARTS) is 1. The maximum atomic E-state index is 11.1. The highest BCUT2D eigenvalue weighted by Gasteiger charge is 2.36. The standard InChI is InChI=1S/C18H25ClN2O3/c1-24-17-5-4-13(6-16(17)19)9-20-14-7-15(8-14)21(11-18(22)23)10-12-2-3-12/h4-6,12,14-15,20H,2-3,7-11H2,1H3,(H,22,23). The van der Waals surface area contributed by atoms with Gasteiger partial charge in [0, 0.05) is 25.2 Å². The normalized spacial score (nSPS) is 23.1. The first-order chi connectivity index (χ1) is 11.5. The molecule has 0 heterocycles. The number of hydrogen-bond donors (Lipinski definition) is 2. The van der Waals surface area contributed by atoms with E-state index in [1.54, 1.807) is 7.11 Å². The Morgan fingerprint density at radius 2 is 2.17 bits per heavy atom.